The van der Waals surface area contributed by atoms with Crippen LogP contribution in [0, 0.1) is 6.92 Å². The van der Waals surface area contributed by atoms with Crippen molar-refractivity contribution in [2.75, 3.05) is 0 Å². The maximum Gasteiger partial charge on any atom is 0.307 e. The fraction of sp³-hybridized carbons (Fsp3) is 0.167. The third-order valence-electron chi connectivity index (χ3n) is 2.29. The van der Waals surface area contributed by atoms with Crippen molar-refractivity contribution in [3.8, 4) is 11.5 Å². The number of aliphatic carboxylic acids is 1. The molecule has 0 amide bonds. The molecule has 1 heterocycles. The number of rotatable bonds is 4. The summed E-state index contributed by atoms with van der Waals surface area (Å²) in [5, 5.41) is 15.3. The van der Waals surface area contributed by atoms with Crippen molar-refractivity contribution in [3.63, 3.8) is 0 Å². The number of aryl methyl sites for hydroxylation is 1. The number of nitrogens with zero attached hydrogens (tertiary/aromatic N) is 1. The van der Waals surface area contributed by atoms with E-state index in [1.54, 1.807) is 30.5 Å². The lowest BCUT2D eigenvalue weighted by Crippen LogP contribution is -1.99. The molecule has 2 rings (SSSR count). The Morgan fingerprint density at radius 2 is 2.12 bits per heavy atom. The molecule has 2 N–H and O–H groups in total. The predicted octanol–water partition coefficient (Wildman–Crippen LogP) is 2.14. The Morgan fingerprint density at radius 3 is 2.65 bits per heavy atom. The first-order valence-electron chi connectivity index (χ1n) is 5.13. The molecule has 2 aromatic rings. The van der Waals surface area contributed by atoms with Crippen molar-refractivity contribution >= 4 is 5.97 Å². The van der Waals surface area contributed by atoms with Gasteiger partial charge in [-0.05, 0) is 24.6 Å². The second-order valence-corrected chi connectivity index (χ2v) is 3.68. The van der Waals surface area contributed by atoms with Gasteiger partial charge in [-0.1, -0.05) is 12.1 Å². The van der Waals surface area contributed by atoms with Gasteiger partial charge in [-0.2, -0.15) is 5.10 Å². The molecule has 17 heavy (non-hydrogen) atoms. The van der Waals surface area contributed by atoms with E-state index in [1.165, 1.54) is 0 Å². The average molecular weight is 232 g/mol. The van der Waals surface area contributed by atoms with Crippen LogP contribution in [-0.2, 0) is 11.2 Å². The van der Waals surface area contributed by atoms with Gasteiger partial charge in [-0.3, -0.25) is 9.89 Å². The molecule has 0 aliphatic heterocycles. The van der Waals surface area contributed by atoms with Crippen LogP contribution in [0.1, 0.15) is 11.3 Å². The van der Waals surface area contributed by atoms with Crippen LogP contribution in [0.4, 0.5) is 0 Å². The summed E-state index contributed by atoms with van der Waals surface area (Å²) in [6, 6.07) is 6.95. The molecule has 0 fully saturated rings. The van der Waals surface area contributed by atoms with E-state index in [4.69, 9.17) is 9.84 Å². The minimum atomic E-state index is -0.843. The van der Waals surface area contributed by atoms with Crippen LogP contribution in [0.3, 0.4) is 0 Å². The van der Waals surface area contributed by atoms with Gasteiger partial charge in [0.05, 0.1) is 18.3 Å². The Kier molecular flexibility index (Phi) is 3.09. The normalized spacial score (nSPS) is 10.2. The number of aromatic nitrogens is 2. The van der Waals surface area contributed by atoms with Gasteiger partial charge in [0.25, 0.3) is 0 Å². The largest absolute Gasteiger partial charge is 0.481 e. The van der Waals surface area contributed by atoms with Gasteiger partial charge in [0.2, 0.25) is 0 Å². The van der Waals surface area contributed by atoms with Crippen LogP contribution in [0.5, 0.6) is 11.5 Å². The van der Waals surface area contributed by atoms with E-state index in [0.717, 1.165) is 11.3 Å². The number of nitrogens with one attached hydrogen (secondary N) is 1. The van der Waals surface area contributed by atoms with E-state index < -0.39 is 5.97 Å². The average Bonchev–Trinajstić information content (AvgIpc) is 2.67. The van der Waals surface area contributed by atoms with E-state index in [0.29, 0.717) is 11.5 Å². The third-order valence-corrected chi connectivity index (χ3v) is 2.29. The van der Waals surface area contributed by atoms with Gasteiger partial charge < -0.3 is 9.84 Å². The lowest BCUT2D eigenvalue weighted by Gasteiger charge is -2.04. The fourth-order valence-electron chi connectivity index (χ4n) is 1.42. The zero-order chi connectivity index (χ0) is 12.3. The highest BCUT2D eigenvalue weighted by atomic mass is 16.5. The third kappa shape index (κ3) is 2.84. The molecule has 0 radical (unpaired) electrons. The van der Waals surface area contributed by atoms with Crippen LogP contribution in [0.15, 0.2) is 30.5 Å². The summed E-state index contributed by atoms with van der Waals surface area (Å²) in [5.41, 5.74) is 1.59. The topological polar surface area (TPSA) is 75.2 Å². The van der Waals surface area contributed by atoms with Crippen molar-refractivity contribution in [3.05, 3.63) is 41.7 Å². The molecule has 0 saturated carbocycles. The fourth-order valence-corrected chi connectivity index (χ4v) is 1.42. The highest BCUT2D eigenvalue weighted by Gasteiger charge is 2.04. The SMILES string of the molecule is Cc1[nH]ncc1Oc1ccc(CC(=O)O)cc1. The van der Waals surface area contributed by atoms with Crippen molar-refractivity contribution in [1.82, 2.24) is 10.2 Å². The highest BCUT2D eigenvalue weighted by Crippen LogP contribution is 2.23. The number of carbonyl (C=O) groups is 1. The zero-order valence-corrected chi connectivity index (χ0v) is 9.30. The first-order valence-corrected chi connectivity index (χ1v) is 5.13. The molecular formula is C12H12N2O3. The summed E-state index contributed by atoms with van der Waals surface area (Å²) in [7, 11) is 0. The lowest BCUT2D eigenvalue weighted by atomic mass is 10.1. The maximum atomic E-state index is 10.5. The molecule has 0 unspecified atom stereocenters. The Hall–Kier alpha value is -2.30. The lowest BCUT2D eigenvalue weighted by molar-refractivity contribution is -0.136. The number of carboxylic acids is 1. The van der Waals surface area contributed by atoms with E-state index in [1.807, 2.05) is 6.92 Å². The van der Waals surface area contributed by atoms with E-state index in [-0.39, 0.29) is 6.42 Å². The summed E-state index contributed by atoms with van der Waals surface area (Å²) in [6.07, 6.45) is 1.62. The van der Waals surface area contributed by atoms with Gasteiger partial charge >= 0.3 is 5.97 Å². The molecular weight excluding hydrogens is 220 g/mol. The van der Waals surface area contributed by atoms with Crippen LogP contribution in [0.2, 0.25) is 0 Å². The number of benzene rings is 1. The van der Waals surface area contributed by atoms with Crippen molar-refractivity contribution in [2.24, 2.45) is 0 Å². The molecule has 0 bridgehead atoms. The molecule has 1 aromatic heterocycles. The van der Waals surface area contributed by atoms with Crippen molar-refractivity contribution in [2.45, 2.75) is 13.3 Å². The monoisotopic (exact) mass is 232 g/mol. The summed E-state index contributed by atoms with van der Waals surface area (Å²) >= 11 is 0. The van der Waals surface area contributed by atoms with Crippen molar-refractivity contribution in [1.29, 1.82) is 0 Å². The predicted molar refractivity (Wildman–Crippen MR) is 61.2 cm³/mol. The van der Waals surface area contributed by atoms with E-state index in [9.17, 15) is 4.79 Å². The van der Waals surface area contributed by atoms with E-state index in [2.05, 4.69) is 10.2 Å². The van der Waals surface area contributed by atoms with Crippen molar-refractivity contribution < 1.29 is 14.6 Å². The molecule has 0 atom stereocenters. The second kappa shape index (κ2) is 4.69. The number of hydrogen-bond acceptors (Lipinski definition) is 3. The first kappa shape index (κ1) is 11.2. The molecule has 1 aromatic carbocycles. The number of aromatic amines is 1. The minimum Gasteiger partial charge on any atom is -0.481 e. The van der Waals surface area contributed by atoms with Crippen LogP contribution in [-0.4, -0.2) is 21.3 Å². The van der Waals surface area contributed by atoms with Crippen LogP contribution in [0.25, 0.3) is 0 Å². The molecule has 0 saturated heterocycles. The molecule has 88 valence electrons. The highest BCUT2D eigenvalue weighted by molar-refractivity contribution is 5.70. The number of H-pyrrole nitrogens is 1. The van der Waals surface area contributed by atoms with Crippen LogP contribution < -0.4 is 4.74 Å². The smallest absolute Gasteiger partial charge is 0.307 e. The minimum absolute atomic E-state index is 0.0189. The number of ether oxygens (including phenoxy) is 1. The summed E-state index contributed by atoms with van der Waals surface area (Å²) in [5.74, 6) is 0.476. The molecule has 0 aliphatic rings. The van der Waals surface area contributed by atoms with Gasteiger partial charge in [0.1, 0.15) is 5.75 Å². The van der Waals surface area contributed by atoms with Gasteiger partial charge in [0, 0.05) is 0 Å². The zero-order valence-electron chi connectivity index (χ0n) is 9.30. The summed E-state index contributed by atoms with van der Waals surface area (Å²) < 4.78 is 5.57. The Balaban J connectivity index is 2.08. The van der Waals surface area contributed by atoms with E-state index >= 15 is 0 Å². The Bertz CT molecular complexity index is 517. The van der Waals surface area contributed by atoms with Gasteiger partial charge in [0.15, 0.2) is 5.75 Å². The Labute approximate surface area is 98.0 Å². The number of hydrogen-bond donors (Lipinski definition) is 2. The quantitative estimate of drug-likeness (QED) is 0.846. The summed E-state index contributed by atoms with van der Waals surface area (Å²) in [4.78, 5) is 10.5. The van der Waals surface area contributed by atoms with Gasteiger partial charge in [-0.15, -0.1) is 0 Å². The first-order chi connectivity index (χ1) is 8.15. The molecule has 5 heteroatoms. The second-order valence-electron chi connectivity index (χ2n) is 3.68. The molecule has 0 aliphatic carbocycles. The molecule has 5 nitrogen and oxygen atoms in total. The summed E-state index contributed by atoms with van der Waals surface area (Å²) in [6.45, 7) is 1.86. The van der Waals surface area contributed by atoms with Crippen LogP contribution >= 0.6 is 0 Å². The maximum absolute atomic E-state index is 10.5. The molecule has 0 spiro atoms. The van der Waals surface area contributed by atoms with Gasteiger partial charge in [-0.25, -0.2) is 0 Å². The number of carboxylic acid groups (broad SMARTS) is 1. The standard InChI is InChI=1S/C12H12N2O3/c1-8-11(7-13-14-8)17-10-4-2-9(3-5-10)6-12(15)16/h2-5,7H,6H2,1H3,(H,13,14)(H,15,16). The Morgan fingerprint density at radius 1 is 1.41 bits per heavy atom.